The summed E-state index contributed by atoms with van der Waals surface area (Å²) in [6.45, 7) is 15.1. The third-order valence-corrected chi connectivity index (χ3v) is 11.6. The molecule has 59 heavy (non-hydrogen) atoms. The number of likely N-dealkylation sites (tertiary alicyclic amines) is 1. The highest BCUT2D eigenvalue weighted by Gasteiger charge is 2.44. The van der Waals surface area contributed by atoms with Crippen LogP contribution >= 0.6 is 34.8 Å². The molecule has 3 aliphatic rings. The summed E-state index contributed by atoms with van der Waals surface area (Å²) >= 11 is 19.5. The average molecular weight is 871 g/mol. The van der Waals surface area contributed by atoms with Crippen molar-refractivity contribution in [1.29, 1.82) is 0 Å². The molecule has 3 aromatic rings. The van der Waals surface area contributed by atoms with E-state index in [9.17, 15) is 14.4 Å². The number of carbonyl (C=O) groups excluding carboxylic acids is 3. The van der Waals surface area contributed by atoms with Gasteiger partial charge >= 0.3 is 12.1 Å². The molecule has 0 bridgehead atoms. The molecule has 6 rings (SSSR count). The van der Waals surface area contributed by atoms with E-state index in [2.05, 4.69) is 5.32 Å². The first kappa shape index (κ1) is 44.8. The van der Waals surface area contributed by atoms with Gasteiger partial charge in [0.15, 0.2) is 5.75 Å². The summed E-state index contributed by atoms with van der Waals surface area (Å²) in [5.74, 6) is 0.429. The van der Waals surface area contributed by atoms with Crippen LogP contribution in [0.2, 0.25) is 15.1 Å². The SMILES string of the molecule is Cc1cc(Cl)c(OCCOc2ccc([C@H]3CCN(C(=O)OC(C)(C)C)C[C@@H]3C(=O)N(Cc3cc(CNC(C(=O)OC(C)(C)C)C4CC4)ccc3Cl)C3CC3)cc2)c(Cl)c1. The van der Waals surface area contributed by atoms with Crippen LogP contribution in [0.25, 0.3) is 0 Å². The Bertz CT molecular complexity index is 1950. The minimum atomic E-state index is -0.671. The first-order chi connectivity index (χ1) is 27.8. The fourth-order valence-electron chi connectivity index (χ4n) is 7.53. The summed E-state index contributed by atoms with van der Waals surface area (Å²) < 4.78 is 23.3. The standard InChI is InChI=1S/C46H58Cl3N3O7/c1-28-22-38(48)41(39(49)23-28)57-21-20-56-34-15-11-30(12-16-34)35-18-19-51(44(55)59-46(5,6)7)27-36(35)42(53)52(33-13-14-33)26-32-24-29(8-17-37(32)47)25-50-40(31-9-10-31)43(54)58-45(2,3)4/h8,11-12,15-17,22-24,31,33,35-36,40,50H,9-10,13-14,18-21,25-27H2,1-7H3/t35-,36+,40?/m1/s1. The van der Waals surface area contributed by atoms with Crippen molar-refractivity contribution < 1.29 is 33.3 Å². The van der Waals surface area contributed by atoms with Crippen molar-refractivity contribution in [2.75, 3.05) is 26.3 Å². The second-order valence-electron chi connectivity index (χ2n) is 18.1. The van der Waals surface area contributed by atoms with Crippen molar-refractivity contribution in [3.63, 3.8) is 0 Å². The van der Waals surface area contributed by atoms with E-state index in [0.29, 0.717) is 52.6 Å². The van der Waals surface area contributed by atoms with Crippen molar-refractivity contribution in [3.8, 4) is 11.5 Å². The van der Waals surface area contributed by atoms with Gasteiger partial charge in [0.05, 0.1) is 16.0 Å². The fourth-order valence-corrected chi connectivity index (χ4v) is 8.41. The van der Waals surface area contributed by atoms with Gasteiger partial charge in [-0.1, -0.05) is 59.1 Å². The van der Waals surface area contributed by atoms with E-state index in [1.54, 1.807) is 17.0 Å². The Morgan fingerprint density at radius 2 is 1.46 bits per heavy atom. The number of piperidine rings is 1. The van der Waals surface area contributed by atoms with Crippen molar-refractivity contribution in [3.05, 3.63) is 91.9 Å². The molecule has 1 heterocycles. The highest BCUT2D eigenvalue weighted by atomic mass is 35.5. The summed E-state index contributed by atoms with van der Waals surface area (Å²) in [7, 11) is 0. The highest BCUT2D eigenvalue weighted by molar-refractivity contribution is 6.37. The Hall–Kier alpha value is -3.70. The van der Waals surface area contributed by atoms with Crippen LogP contribution in [-0.2, 0) is 32.2 Å². The third kappa shape index (κ3) is 12.7. The first-order valence-corrected chi connectivity index (χ1v) is 21.8. The Morgan fingerprint density at radius 1 is 0.814 bits per heavy atom. The van der Waals surface area contributed by atoms with Gasteiger partial charge in [0.1, 0.15) is 36.2 Å². The summed E-state index contributed by atoms with van der Waals surface area (Å²) in [4.78, 5) is 44.9. The number of amides is 2. The van der Waals surface area contributed by atoms with E-state index >= 15 is 0 Å². The molecule has 1 unspecified atom stereocenters. The third-order valence-electron chi connectivity index (χ3n) is 10.6. The molecule has 3 fully saturated rings. The molecule has 13 heteroatoms. The van der Waals surface area contributed by atoms with Gasteiger partial charge in [0.2, 0.25) is 5.91 Å². The zero-order valence-electron chi connectivity index (χ0n) is 35.2. The molecule has 1 saturated heterocycles. The molecular formula is C46H58Cl3N3O7. The normalized spacial score (nSPS) is 18.8. The monoisotopic (exact) mass is 869 g/mol. The predicted octanol–water partition coefficient (Wildman–Crippen LogP) is 10.2. The number of hydrogen-bond donors (Lipinski definition) is 1. The van der Waals surface area contributed by atoms with Crippen LogP contribution in [0.15, 0.2) is 54.6 Å². The van der Waals surface area contributed by atoms with Gasteiger partial charge in [0, 0.05) is 37.2 Å². The molecule has 0 aromatic heterocycles. The van der Waals surface area contributed by atoms with Crippen LogP contribution in [0.4, 0.5) is 4.79 Å². The fraction of sp³-hybridized carbons (Fsp3) is 0.543. The maximum atomic E-state index is 14.9. The maximum absolute atomic E-state index is 14.9. The molecule has 1 N–H and O–H groups in total. The van der Waals surface area contributed by atoms with Crippen molar-refractivity contribution in [2.45, 2.75) is 123 Å². The molecule has 10 nitrogen and oxygen atoms in total. The molecular weight excluding hydrogens is 813 g/mol. The van der Waals surface area contributed by atoms with E-state index < -0.39 is 23.2 Å². The zero-order valence-corrected chi connectivity index (χ0v) is 37.5. The first-order valence-electron chi connectivity index (χ1n) is 20.7. The number of benzene rings is 3. The van der Waals surface area contributed by atoms with Gasteiger partial charge in [-0.3, -0.25) is 9.59 Å². The van der Waals surface area contributed by atoms with Crippen molar-refractivity contribution >= 4 is 52.8 Å². The van der Waals surface area contributed by atoms with E-state index in [1.165, 1.54) is 0 Å². The van der Waals surface area contributed by atoms with Crippen molar-refractivity contribution in [2.24, 2.45) is 11.8 Å². The van der Waals surface area contributed by atoms with Gasteiger partial charge in [0.25, 0.3) is 0 Å². The molecule has 0 radical (unpaired) electrons. The smallest absolute Gasteiger partial charge is 0.410 e. The van der Waals surface area contributed by atoms with Gasteiger partial charge < -0.3 is 34.1 Å². The Kier molecular flexibility index (Phi) is 14.4. The summed E-state index contributed by atoms with van der Waals surface area (Å²) in [5, 5.41) is 4.91. The second-order valence-corrected chi connectivity index (χ2v) is 19.3. The van der Waals surface area contributed by atoms with Gasteiger partial charge in [-0.15, -0.1) is 0 Å². The van der Waals surface area contributed by atoms with Crippen LogP contribution < -0.4 is 14.8 Å². The number of ether oxygens (including phenoxy) is 4. The van der Waals surface area contributed by atoms with Gasteiger partial charge in [-0.25, -0.2) is 4.79 Å². The van der Waals surface area contributed by atoms with Crippen LogP contribution in [0, 0.1) is 18.8 Å². The zero-order chi connectivity index (χ0) is 42.6. The number of halogens is 3. The van der Waals surface area contributed by atoms with Crippen LogP contribution in [0.1, 0.15) is 102 Å². The summed E-state index contributed by atoms with van der Waals surface area (Å²) in [6, 6.07) is 16.9. The number of esters is 1. The van der Waals surface area contributed by atoms with Crippen molar-refractivity contribution in [1.82, 2.24) is 15.1 Å². The molecule has 1 aliphatic heterocycles. The van der Waals surface area contributed by atoms with E-state index in [4.69, 9.17) is 53.8 Å². The van der Waals surface area contributed by atoms with Crippen LogP contribution in [0.5, 0.6) is 11.5 Å². The number of hydrogen-bond acceptors (Lipinski definition) is 8. The number of nitrogens with one attached hydrogen (secondary N) is 1. The quantitative estimate of drug-likeness (QED) is 0.119. The van der Waals surface area contributed by atoms with E-state index in [-0.39, 0.29) is 55.6 Å². The summed E-state index contributed by atoms with van der Waals surface area (Å²) in [6.07, 6.45) is 3.93. The molecule has 3 aromatic carbocycles. The van der Waals surface area contributed by atoms with Crippen LogP contribution in [0.3, 0.4) is 0 Å². The highest BCUT2D eigenvalue weighted by Crippen LogP contribution is 2.40. The minimum absolute atomic E-state index is 0.0185. The lowest BCUT2D eigenvalue weighted by molar-refractivity contribution is -0.158. The number of rotatable bonds is 15. The van der Waals surface area contributed by atoms with Crippen LogP contribution in [-0.4, -0.2) is 77.4 Å². The number of carbonyl (C=O) groups is 3. The Morgan fingerprint density at radius 3 is 2.07 bits per heavy atom. The van der Waals surface area contributed by atoms with E-state index in [0.717, 1.165) is 47.9 Å². The lowest BCUT2D eigenvalue weighted by atomic mass is 9.79. The lowest BCUT2D eigenvalue weighted by Crippen LogP contribution is -2.51. The molecule has 3 atom stereocenters. The molecule has 2 aliphatic carbocycles. The molecule has 2 saturated carbocycles. The number of aryl methyl sites for hydroxylation is 1. The molecule has 0 spiro atoms. The Labute approximate surface area is 364 Å². The minimum Gasteiger partial charge on any atom is -0.490 e. The second kappa shape index (κ2) is 18.9. The maximum Gasteiger partial charge on any atom is 0.410 e. The molecule has 320 valence electrons. The summed E-state index contributed by atoms with van der Waals surface area (Å²) in [5.41, 5.74) is 2.50. The number of nitrogens with zero attached hydrogens (tertiary/aromatic N) is 2. The molecule has 2 amide bonds. The predicted molar refractivity (Wildman–Crippen MR) is 232 cm³/mol. The van der Waals surface area contributed by atoms with Gasteiger partial charge in [-0.2, -0.15) is 0 Å². The largest absolute Gasteiger partial charge is 0.490 e. The lowest BCUT2D eigenvalue weighted by Gasteiger charge is -2.40. The topological polar surface area (TPSA) is 107 Å². The average Bonchev–Trinajstić information content (AvgIpc) is 4.09. The van der Waals surface area contributed by atoms with Gasteiger partial charge in [-0.05, 0) is 145 Å². The van der Waals surface area contributed by atoms with E-state index in [1.807, 2.05) is 95.8 Å². The Balaban J connectivity index is 1.16.